The molecule has 33 heavy (non-hydrogen) atoms. The number of nitrogens with one attached hydrogen (secondary N) is 1. The molecule has 1 aliphatic heterocycles. The van der Waals surface area contributed by atoms with E-state index < -0.39 is 45.4 Å². The van der Waals surface area contributed by atoms with Gasteiger partial charge in [-0.3, -0.25) is 23.9 Å². The first-order valence-corrected chi connectivity index (χ1v) is 11.6. The highest BCUT2D eigenvalue weighted by molar-refractivity contribution is 8.00. The minimum atomic E-state index is -0.966. The molecule has 0 radical (unpaired) electrons. The van der Waals surface area contributed by atoms with E-state index in [4.69, 9.17) is 19.9 Å². The number of rotatable bonds is 6. The number of benzene rings is 1. The Bertz CT molecular complexity index is 1300. The molecule has 174 valence electrons. The first-order valence-electron chi connectivity index (χ1n) is 9.83. The molecule has 1 aromatic carbocycles. The minimum absolute atomic E-state index is 0.0568. The van der Waals surface area contributed by atoms with E-state index in [2.05, 4.69) is 9.97 Å². The number of thioether (sulfide) groups is 1. The van der Waals surface area contributed by atoms with E-state index in [1.807, 2.05) is 0 Å². The van der Waals surface area contributed by atoms with Gasteiger partial charge in [0, 0.05) is 0 Å². The van der Waals surface area contributed by atoms with Crippen molar-refractivity contribution >= 4 is 51.3 Å². The average Bonchev–Trinajstić information content (AvgIpc) is 3.34. The molecule has 0 aliphatic carbocycles. The highest BCUT2D eigenvalue weighted by atomic mass is 32.2. The molecular weight excluding hydrogens is 472 g/mol. The molecule has 1 aliphatic rings. The zero-order valence-corrected chi connectivity index (χ0v) is 19.2. The van der Waals surface area contributed by atoms with Gasteiger partial charge in [-0.15, -0.1) is 11.8 Å². The second-order valence-electron chi connectivity index (χ2n) is 7.17. The summed E-state index contributed by atoms with van der Waals surface area (Å²) in [5.74, 6) is -1.19. The summed E-state index contributed by atoms with van der Waals surface area (Å²) < 4.78 is 17.7. The van der Waals surface area contributed by atoms with Crippen LogP contribution in [-0.4, -0.2) is 50.4 Å². The third-order valence-corrected chi connectivity index (χ3v) is 7.38. The minimum Gasteiger partial charge on any atom is -0.469 e. The molecule has 4 unspecified atom stereocenters. The lowest BCUT2D eigenvalue weighted by Gasteiger charge is -2.20. The fraction of sp³-hybridized carbons (Fsp3) is 0.350. The Morgan fingerprint density at radius 3 is 2.73 bits per heavy atom. The van der Waals surface area contributed by atoms with Gasteiger partial charge in [0.2, 0.25) is 5.95 Å². The molecule has 0 amide bonds. The van der Waals surface area contributed by atoms with Crippen LogP contribution in [-0.2, 0) is 19.0 Å². The Hall–Kier alpha value is -3.16. The summed E-state index contributed by atoms with van der Waals surface area (Å²) >= 11 is 1.93. The Kier molecular flexibility index (Phi) is 6.54. The number of hydrogen-bond acceptors (Lipinski definition) is 11. The monoisotopic (exact) mass is 492 g/mol. The zero-order chi connectivity index (χ0) is 23.7. The number of H-pyrrole nitrogens is 1. The number of fused-ring (bicyclic) bond motifs is 1. The van der Waals surface area contributed by atoms with Crippen LogP contribution in [0.2, 0.25) is 0 Å². The van der Waals surface area contributed by atoms with Gasteiger partial charge in [-0.25, -0.2) is 4.79 Å². The summed E-state index contributed by atoms with van der Waals surface area (Å²) in [7, 11) is 1.26. The van der Waals surface area contributed by atoms with Crippen LogP contribution in [0, 0.1) is 0 Å². The van der Waals surface area contributed by atoms with Gasteiger partial charge >= 0.3 is 16.8 Å². The smallest absolute Gasteiger partial charge is 0.338 e. The second kappa shape index (κ2) is 9.37. The summed E-state index contributed by atoms with van der Waals surface area (Å²) in [6, 6.07) is 8.49. The highest BCUT2D eigenvalue weighted by Gasteiger charge is 2.43. The number of hydrogen-bond donors (Lipinski definition) is 2. The molecule has 1 saturated heterocycles. The predicted molar refractivity (Wildman–Crippen MR) is 122 cm³/mol. The summed E-state index contributed by atoms with van der Waals surface area (Å²) in [6.45, 7) is 1.66. The van der Waals surface area contributed by atoms with E-state index in [-0.39, 0.29) is 22.7 Å². The quantitative estimate of drug-likeness (QED) is 0.483. The van der Waals surface area contributed by atoms with Gasteiger partial charge in [-0.1, -0.05) is 29.5 Å². The molecule has 4 atom stereocenters. The lowest BCUT2D eigenvalue weighted by molar-refractivity contribution is -0.141. The number of methoxy groups -OCH3 is 1. The van der Waals surface area contributed by atoms with Crippen molar-refractivity contribution < 1.29 is 23.8 Å². The van der Waals surface area contributed by atoms with Gasteiger partial charge in [0.15, 0.2) is 11.9 Å². The Morgan fingerprint density at radius 2 is 2.03 bits per heavy atom. The van der Waals surface area contributed by atoms with Crippen LogP contribution in [0.3, 0.4) is 0 Å². The molecule has 3 N–H and O–H groups in total. The number of carbonyl (C=O) groups is 2. The number of nitrogens with zero attached hydrogens (tertiary/aromatic N) is 2. The fourth-order valence-corrected chi connectivity index (χ4v) is 5.57. The predicted octanol–water partition coefficient (Wildman–Crippen LogP) is 1.49. The standard InChI is InChI=1S/C20H20N4O7S2/c1-9(30-17(27)10-6-4-3-5-7-10)18-31-16(11(32-18)8-12(25)29-2)24-14-13(33-20(24)28)15(26)23-19(21)22-14/h3-7,9,11,16,18H,8H2,1-2H3,(H3,21,22,23,26). The number of aromatic nitrogens is 3. The molecule has 3 heterocycles. The first-order chi connectivity index (χ1) is 15.8. The summed E-state index contributed by atoms with van der Waals surface area (Å²) in [5, 5.41) is -0.571. The normalized spacial score (nSPS) is 21.1. The number of aromatic amines is 1. The molecule has 13 heteroatoms. The maximum atomic E-state index is 12.8. The molecule has 2 aromatic heterocycles. The van der Waals surface area contributed by atoms with Gasteiger partial charge in [-0.05, 0) is 19.1 Å². The summed E-state index contributed by atoms with van der Waals surface area (Å²) in [4.78, 5) is 55.4. The number of carbonyl (C=O) groups excluding carboxylic acids is 2. The number of nitrogen functional groups attached to an aromatic ring is 1. The summed E-state index contributed by atoms with van der Waals surface area (Å²) in [6.07, 6.45) is -1.76. The van der Waals surface area contributed by atoms with Crippen molar-refractivity contribution in [3.05, 3.63) is 55.9 Å². The van der Waals surface area contributed by atoms with Gasteiger partial charge in [-0.2, -0.15) is 4.98 Å². The second-order valence-corrected chi connectivity index (χ2v) is 9.47. The summed E-state index contributed by atoms with van der Waals surface area (Å²) in [5.41, 5.74) is 4.87. The third kappa shape index (κ3) is 4.65. The first kappa shape index (κ1) is 23.0. The van der Waals surface area contributed by atoms with Crippen LogP contribution in [0.15, 0.2) is 39.9 Å². The van der Waals surface area contributed by atoms with Crippen molar-refractivity contribution in [3.8, 4) is 0 Å². The fourth-order valence-electron chi connectivity index (χ4n) is 3.38. The van der Waals surface area contributed by atoms with E-state index in [0.717, 1.165) is 0 Å². The molecule has 3 aromatic rings. The van der Waals surface area contributed by atoms with Gasteiger partial charge < -0.3 is 19.9 Å². The highest BCUT2D eigenvalue weighted by Crippen LogP contribution is 2.43. The van der Waals surface area contributed by atoms with E-state index in [9.17, 15) is 19.2 Å². The third-order valence-electron chi connectivity index (χ3n) is 4.93. The Morgan fingerprint density at radius 1 is 1.30 bits per heavy atom. The Balaban J connectivity index is 1.64. The van der Waals surface area contributed by atoms with Gasteiger partial charge in [0.25, 0.3) is 5.56 Å². The van der Waals surface area contributed by atoms with Gasteiger partial charge in [0.1, 0.15) is 16.2 Å². The topological polar surface area (TPSA) is 156 Å². The van der Waals surface area contributed by atoms with E-state index >= 15 is 0 Å². The van der Waals surface area contributed by atoms with Crippen LogP contribution >= 0.6 is 23.1 Å². The average molecular weight is 493 g/mol. The van der Waals surface area contributed by atoms with Crippen molar-refractivity contribution in [2.75, 3.05) is 12.8 Å². The van der Waals surface area contributed by atoms with E-state index in [1.165, 1.54) is 23.4 Å². The van der Waals surface area contributed by atoms with Crippen molar-refractivity contribution in [1.82, 2.24) is 14.5 Å². The van der Waals surface area contributed by atoms with Crippen LogP contribution < -0.4 is 16.2 Å². The molecular formula is C20H20N4O7S2. The largest absolute Gasteiger partial charge is 0.469 e. The Labute approximate surface area is 194 Å². The molecule has 11 nitrogen and oxygen atoms in total. The van der Waals surface area contributed by atoms with Crippen molar-refractivity contribution in [1.29, 1.82) is 0 Å². The van der Waals surface area contributed by atoms with E-state index in [0.29, 0.717) is 16.9 Å². The van der Waals surface area contributed by atoms with Crippen LogP contribution in [0.1, 0.15) is 29.9 Å². The van der Waals surface area contributed by atoms with Crippen LogP contribution in [0.25, 0.3) is 10.3 Å². The zero-order valence-electron chi connectivity index (χ0n) is 17.5. The molecule has 4 rings (SSSR count). The number of nitrogens with two attached hydrogens (primary N) is 1. The van der Waals surface area contributed by atoms with Crippen molar-refractivity contribution in [2.45, 2.75) is 36.4 Å². The molecule has 0 spiro atoms. The molecule has 0 bridgehead atoms. The van der Waals surface area contributed by atoms with Gasteiger partial charge in [0.05, 0.1) is 24.3 Å². The molecule has 1 fully saturated rings. The number of esters is 2. The van der Waals surface area contributed by atoms with Crippen LogP contribution in [0.4, 0.5) is 5.95 Å². The maximum absolute atomic E-state index is 12.8. The maximum Gasteiger partial charge on any atom is 0.338 e. The SMILES string of the molecule is COC(=O)CC1SC(C(C)OC(=O)c2ccccc2)OC1n1c(=O)sc2c(=O)[nH]c(N)nc21. The lowest BCUT2D eigenvalue weighted by atomic mass is 10.2. The number of thiazole rings is 1. The van der Waals surface area contributed by atoms with E-state index in [1.54, 1.807) is 37.3 Å². The van der Waals surface area contributed by atoms with Crippen molar-refractivity contribution in [3.63, 3.8) is 0 Å². The van der Waals surface area contributed by atoms with Crippen LogP contribution in [0.5, 0.6) is 0 Å². The molecule has 0 saturated carbocycles. The lowest BCUT2D eigenvalue weighted by Crippen LogP contribution is -2.30. The number of ether oxygens (including phenoxy) is 3. The number of anilines is 1. The van der Waals surface area contributed by atoms with Crippen molar-refractivity contribution in [2.24, 2.45) is 0 Å².